The molecule has 2 amide bonds. The van der Waals surface area contributed by atoms with E-state index in [9.17, 15) is 9.59 Å². The molecule has 0 bridgehead atoms. The lowest BCUT2D eigenvalue weighted by atomic mass is 10.1. The molecule has 0 saturated carbocycles. The Hall–Kier alpha value is -2.05. The van der Waals surface area contributed by atoms with Crippen LogP contribution in [0.25, 0.3) is 0 Å². The Morgan fingerprint density at radius 3 is 2.54 bits per heavy atom. The molecule has 0 atom stereocenters. The number of carbonyl (C=O) groups is 2. The fraction of sp³-hybridized carbons (Fsp3) is 0.389. The smallest absolute Gasteiger partial charge is 0.254 e. The van der Waals surface area contributed by atoms with E-state index in [0.717, 1.165) is 6.42 Å². The second-order valence-electron chi connectivity index (χ2n) is 6.41. The quantitative estimate of drug-likeness (QED) is 0.749. The molecule has 1 aromatic carbocycles. The second kappa shape index (κ2) is 9.05. The third-order valence-electron chi connectivity index (χ3n) is 3.66. The Balaban J connectivity index is 2.12. The molecule has 0 spiro atoms. The number of halogens is 2. The largest absolute Gasteiger partial charge is 0.360 e. The first-order valence-corrected chi connectivity index (χ1v) is 8.99. The summed E-state index contributed by atoms with van der Waals surface area (Å²) in [6.07, 6.45) is 0.767. The summed E-state index contributed by atoms with van der Waals surface area (Å²) in [5.41, 5.74) is 0.383. The van der Waals surface area contributed by atoms with Crippen molar-refractivity contribution >= 4 is 40.8 Å². The van der Waals surface area contributed by atoms with Crippen LogP contribution >= 0.6 is 23.2 Å². The summed E-state index contributed by atoms with van der Waals surface area (Å²) >= 11 is 11.9. The van der Waals surface area contributed by atoms with Gasteiger partial charge in [0.15, 0.2) is 5.82 Å². The molecule has 26 heavy (non-hydrogen) atoms. The van der Waals surface area contributed by atoms with Crippen LogP contribution in [0.15, 0.2) is 28.8 Å². The molecule has 0 radical (unpaired) electrons. The van der Waals surface area contributed by atoms with E-state index in [0.29, 0.717) is 39.6 Å². The number of hydrogen-bond donors (Lipinski definition) is 1. The lowest BCUT2D eigenvalue weighted by Crippen LogP contribution is -2.39. The molecule has 2 aromatic rings. The highest BCUT2D eigenvalue weighted by atomic mass is 35.5. The van der Waals surface area contributed by atoms with Crippen LogP contribution in [0, 0.1) is 12.8 Å². The van der Waals surface area contributed by atoms with E-state index < -0.39 is 0 Å². The van der Waals surface area contributed by atoms with Gasteiger partial charge in [0.2, 0.25) is 5.91 Å². The van der Waals surface area contributed by atoms with Gasteiger partial charge < -0.3 is 14.7 Å². The molecule has 0 aliphatic rings. The van der Waals surface area contributed by atoms with Crippen LogP contribution in [0.4, 0.5) is 5.82 Å². The van der Waals surface area contributed by atoms with E-state index in [2.05, 4.69) is 24.3 Å². The first kappa shape index (κ1) is 20.3. The number of amides is 2. The standard InChI is InChI=1S/C18H21Cl2N3O3/c1-11(2)6-7-23(10-17(24)21-16-8-12(3)26-22-16)18(25)13-4-5-14(19)15(20)9-13/h4-5,8-9,11H,6-7,10H2,1-3H3,(H,21,22,24). The molecule has 0 aliphatic carbocycles. The van der Waals surface area contributed by atoms with Crippen LogP contribution in [0.3, 0.4) is 0 Å². The van der Waals surface area contributed by atoms with Crippen molar-refractivity contribution in [3.05, 3.63) is 45.6 Å². The van der Waals surface area contributed by atoms with Crippen LogP contribution in [-0.4, -0.2) is 35.0 Å². The van der Waals surface area contributed by atoms with Gasteiger partial charge in [0.05, 0.1) is 10.0 Å². The maximum Gasteiger partial charge on any atom is 0.254 e. The molecule has 1 N–H and O–H groups in total. The van der Waals surface area contributed by atoms with Gasteiger partial charge >= 0.3 is 0 Å². The third-order valence-corrected chi connectivity index (χ3v) is 4.40. The highest BCUT2D eigenvalue weighted by molar-refractivity contribution is 6.42. The summed E-state index contributed by atoms with van der Waals surface area (Å²) in [6, 6.07) is 6.28. The minimum atomic E-state index is -0.351. The van der Waals surface area contributed by atoms with E-state index >= 15 is 0 Å². The van der Waals surface area contributed by atoms with Crippen LogP contribution in [0.5, 0.6) is 0 Å². The lowest BCUT2D eigenvalue weighted by molar-refractivity contribution is -0.117. The SMILES string of the molecule is Cc1cc(NC(=O)CN(CCC(C)C)C(=O)c2ccc(Cl)c(Cl)c2)no1. The van der Waals surface area contributed by atoms with Crippen molar-refractivity contribution < 1.29 is 14.1 Å². The number of benzene rings is 1. The lowest BCUT2D eigenvalue weighted by Gasteiger charge is -2.23. The highest BCUT2D eigenvalue weighted by Gasteiger charge is 2.20. The van der Waals surface area contributed by atoms with Gasteiger partial charge in [-0.05, 0) is 37.5 Å². The predicted octanol–water partition coefficient (Wildman–Crippen LogP) is 4.42. The molecule has 1 aromatic heterocycles. The average Bonchev–Trinajstić information content (AvgIpc) is 2.98. The molecular formula is C18H21Cl2N3O3. The average molecular weight is 398 g/mol. The topological polar surface area (TPSA) is 75.4 Å². The number of aromatic nitrogens is 1. The molecular weight excluding hydrogens is 377 g/mol. The van der Waals surface area contributed by atoms with Crippen molar-refractivity contribution in [2.24, 2.45) is 5.92 Å². The van der Waals surface area contributed by atoms with Gasteiger partial charge in [-0.2, -0.15) is 0 Å². The number of carbonyl (C=O) groups excluding carboxylic acids is 2. The molecule has 1 heterocycles. The molecule has 0 fully saturated rings. The molecule has 6 nitrogen and oxygen atoms in total. The van der Waals surface area contributed by atoms with Crippen molar-refractivity contribution in [3.8, 4) is 0 Å². The van der Waals surface area contributed by atoms with Crippen LogP contribution in [0.2, 0.25) is 10.0 Å². The van der Waals surface area contributed by atoms with E-state index in [1.54, 1.807) is 25.1 Å². The number of rotatable bonds is 7. The van der Waals surface area contributed by atoms with Crippen molar-refractivity contribution in [1.29, 1.82) is 0 Å². The number of hydrogen-bond acceptors (Lipinski definition) is 4. The monoisotopic (exact) mass is 397 g/mol. The fourth-order valence-electron chi connectivity index (χ4n) is 2.26. The number of anilines is 1. The second-order valence-corrected chi connectivity index (χ2v) is 7.22. The summed E-state index contributed by atoms with van der Waals surface area (Å²) < 4.78 is 4.92. The van der Waals surface area contributed by atoms with E-state index in [-0.39, 0.29) is 18.4 Å². The predicted molar refractivity (Wildman–Crippen MR) is 102 cm³/mol. The van der Waals surface area contributed by atoms with Gasteiger partial charge in [-0.1, -0.05) is 42.2 Å². The summed E-state index contributed by atoms with van der Waals surface area (Å²) in [6.45, 7) is 6.19. The van der Waals surface area contributed by atoms with E-state index in [4.69, 9.17) is 27.7 Å². The van der Waals surface area contributed by atoms with Crippen LogP contribution < -0.4 is 5.32 Å². The van der Waals surface area contributed by atoms with E-state index in [1.807, 2.05) is 0 Å². The Morgan fingerprint density at radius 2 is 1.96 bits per heavy atom. The Morgan fingerprint density at radius 1 is 1.23 bits per heavy atom. The van der Waals surface area contributed by atoms with Gasteiger partial charge in [0.1, 0.15) is 12.3 Å². The zero-order valence-corrected chi connectivity index (χ0v) is 16.4. The minimum Gasteiger partial charge on any atom is -0.360 e. The van der Waals surface area contributed by atoms with Gasteiger partial charge in [-0.25, -0.2) is 0 Å². The third kappa shape index (κ3) is 5.75. The van der Waals surface area contributed by atoms with E-state index in [1.165, 1.54) is 11.0 Å². The first-order valence-electron chi connectivity index (χ1n) is 8.23. The zero-order chi connectivity index (χ0) is 19.3. The first-order chi connectivity index (χ1) is 12.3. The normalized spacial score (nSPS) is 10.8. The number of nitrogens with one attached hydrogen (secondary N) is 1. The van der Waals surface area contributed by atoms with Crippen molar-refractivity contribution in [3.63, 3.8) is 0 Å². The van der Waals surface area contributed by atoms with Crippen LogP contribution in [-0.2, 0) is 4.79 Å². The molecule has 2 rings (SSSR count). The summed E-state index contributed by atoms with van der Waals surface area (Å²) in [5, 5.41) is 7.01. The summed E-state index contributed by atoms with van der Waals surface area (Å²) in [4.78, 5) is 26.6. The Labute approximate surface area is 162 Å². The highest BCUT2D eigenvalue weighted by Crippen LogP contribution is 2.23. The van der Waals surface area contributed by atoms with Crippen molar-refractivity contribution in [2.75, 3.05) is 18.4 Å². The van der Waals surface area contributed by atoms with Gasteiger partial charge in [-0.3, -0.25) is 9.59 Å². The van der Waals surface area contributed by atoms with Gasteiger partial charge in [0.25, 0.3) is 5.91 Å². The molecule has 0 saturated heterocycles. The molecule has 0 unspecified atom stereocenters. The van der Waals surface area contributed by atoms with Gasteiger partial charge in [-0.15, -0.1) is 0 Å². The van der Waals surface area contributed by atoms with Crippen molar-refractivity contribution in [1.82, 2.24) is 10.1 Å². The van der Waals surface area contributed by atoms with Crippen molar-refractivity contribution in [2.45, 2.75) is 27.2 Å². The summed E-state index contributed by atoms with van der Waals surface area (Å²) in [5.74, 6) is 0.661. The van der Waals surface area contributed by atoms with Gasteiger partial charge in [0, 0.05) is 18.2 Å². The Kier molecular flexibility index (Phi) is 7.06. The minimum absolute atomic E-state index is 0.0995. The molecule has 8 heteroatoms. The molecule has 140 valence electrons. The number of aryl methyl sites for hydroxylation is 1. The zero-order valence-electron chi connectivity index (χ0n) is 14.9. The maximum atomic E-state index is 12.8. The molecule has 0 aliphatic heterocycles. The maximum absolute atomic E-state index is 12.8. The summed E-state index contributed by atoms with van der Waals surface area (Å²) in [7, 11) is 0. The Bertz CT molecular complexity index is 790. The van der Waals surface area contributed by atoms with Crippen LogP contribution in [0.1, 0.15) is 36.4 Å². The number of nitrogens with zero attached hydrogens (tertiary/aromatic N) is 2. The fourth-order valence-corrected chi connectivity index (χ4v) is 2.56.